The van der Waals surface area contributed by atoms with Crippen LogP contribution < -0.4 is 10.2 Å². The van der Waals surface area contributed by atoms with Crippen LogP contribution in [0.5, 0.6) is 0 Å². The van der Waals surface area contributed by atoms with Crippen molar-refractivity contribution in [1.29, 1.82) is 0 Å². The lowest BCUT2D eigenvalue weighted by molar-refractivity contribution is 0.102. The third-order valence-electron chi connectivity index (χ3n) is 4.04. The first-order valence-corrected chi connectivity index (χ1v) is 9.89. The number of hydrogen-bond donors (Lipinski definition) is 1. The Morgan fingerprint density at radius 1 is 1.20 bits per heavy atom. The molecule has 128 valence electrons. The summed E-state index contributed by atoms with van der Waals surface area (Å²) < 4.78 is 7.40. The lowest BCUT2D eigenvalue weighted by atomic mass is 10.2. The monoisotopic (exact) mass is 465 g/mol. The number of thiazole rings is 1. The predicted molar refractivity (Wildman–Crippen MR) is 110 cm³/mol. The molecule has 5 nitrogen and oxygen atoms in total. The molecule has 1 saturated heterocycles. The summed E-state index contributed by atoms with van der Waals surface area (Å²) in [7, 11) is 0. The summed E-state index contributed by atoms with van der Waals surface area (Å²) in [5.74, 6) is -0.0951. The maximum absolute atomic E-state index is 12.5. The number of aromatic nitrogens is 1. The fraction of sp³-hybridized carbons (Fsp3) is 0.222. The van der Waals surface area contributed by atoms with Crippen molar-refractivity contribution >= 4 is 60.9 Å². The van der Waals surface area contributed by atoms with Gasteiger partial charge in [0.25, 0.3) is 5.91 Å². The van der Waals surface area contributed by atoms with Gasteiger partial charge in [-0.1, -0.05) is 23.5 Å². The third-order valence-corrected chi connectivity index (χ3v) is 6.05. The molecule has 1 aliphatic rings. The van der Waals surface area contributed by atoms with Crippen LogP contribution in [0.15, 0.2) is 42.5 Å². The molecule has 0 unspecified atom stereocenters. The van der Waals surface area contributed by atoms with E-state index in [0.717, 1.165) is 50.9 Å². The number of hydrogen-bond acceptors (Lipinski definition) is 5. The van der Waals surface area contributed by atoms with Crippen molar-refractivity contribution in [2.45, 2.75) is 0 Å². The van der Waals surface area contributed by atoms with Crippen molar-refractivity contribution in [3.63, 3.8) is 0 Å². The van der Waals surface area contributed by atoms with Crippen molar-refractivity contribution in [3.8, 4) is 0 Å². The third kappa shape index (κ3) is 3.63. The van der Waals surface area contributed by atoms with Crippen LogP contribution in [0.4, 0.5) is 10.8 Å². The fourth-order valence-electron chi connectivity index (χ4n) is 2.72. The summed E-state index contributed by atoms with van der Waals surface area (Å²) >= 11 is 3.83. The van der Waals surface area contributed by atoms with Crippen molar-refractivity contribution < 1.29 is 9.53 Å². The second-order valence-electron chi connectivity index (χ2n) is 5.71. The van der Waals surface area contributed by atoms with Gasteiger partial charge in [0.1, 0.15) is 0 Å². The van der Waals surface area contributed by atoms with Gasteiger partial charge < -0.3 is 15.0 Å². The van der Waals surface area contributed by atoms with Gasteiger partial charge in [-0.15, -0.1) is 0 Å². The van der Waals surface area contributed by atoms with Gasteiger partial charge in [0.2, 0.25) is 0 Å². The zero-order chi connectivity index (χ0) is 17.2. The molecule has 0 atom stereocenters. The zero-order valence-corrected chi connectivity index (χ0v) is 16.3. The standard InChI is InChI=1S/C18H16IN3O2S/c19-14-4-2-1-3-13(14)17(23)20-12-5-6-15-16(11-12)25-18(21-15)22-7-9-24-10-8-22/h1-6,11H,7-10H2,(H,20,23). The molecule has 25 heavy (non-hydrogen) atoms. The van der Waals surface area contributed by atoms with E-state index in [1.807, 2.05) is 42.5 Å². The number of rotatable bonds is 3. The van der Waals surface area contributed by atoms with Crippen molar-refractivity contribution in [3.05, 3.63) is 51.6 Å². The number of halogens is 1. The summed E-state index contributed by atoms with van der Waals surface area (Å²) in [4.78, 5) is 19.4. The summed E-state index contributed by atoms with van der Waals surface area (Å²) in [6, 6.07) is 13.4. The molecule has 0 spiro atoms. The van der Waals surface area contributed by atoms with E-state index in [-0.39, 0.29) is 5.91 Å². The second kappa shape index (κ2) is 7.27. The number of fused-ring (bicyclic) bond motifs is 1. The molecule has 7 heteroatoms. The molecule has 1 aromatic heterocycles. The summed E-state index contributed by atoms with van der Waals surface area (Å²) in [6.45, 7) is 3.23. The van der Waals surface area contributed by atoms with Crippen molar-refractivity contribution in [2.24, 2.45) is 0 Å². The predicted octanol–water partition coefficient (Wildman–Crippen LogP) is 3.99. The number of morpholine rings is 1. The Morgan fingerprint density at radius 2 is 2.00 bits per heavy atom. The molecule has 1 amide bonds. The Morgan fingerprint density at radius 3 is 2.80 bits per heavy atom. The van der Waals surface area contributed by atoms with E-state index >= 15 is 0 Å². The first kappa shape index (κ1) is 16.7. The van der Waals surface area contributed by atoms with Gasteiger partial charge in [-0.25, -0.2) is 4.98 Å². The first-order valence-electron chi connectivity index (χ1n) is 8.00. The lowest BCUT2D eigenvalue weighted by Crippen LogP contribution is -2.36. The molecule has 0 radical (unpaired) electrons. The van der Waals surface area contributed by atoms with Crippen LogP contribution in [0.1, 0.15) is 10.4 Å². The number of carbonyl (C=O) groups excluding carboxylic acids is 1. The van der Waals surface area contributed by atoms with Gasteiger partial charge >= 0.3 is 0 Å². The molecule has 4 rings (SSSR count). The molecule has 1 fully saturated rings. The van der Waals surface area contributed by atoms with Crippen LogP contribution in [-0.2, 0) is 4.74 Å². The average Bonchev–Trinajstić information content (AvgIpc) is 3.06. The Bertz CT molecular complexity index is 922. The van der Waals surface area contributed by atoms with E-state index in [1.165, 1.54) is 0 Å². The van der Waals surface area contributed by atoms with Gasteiger partial charge in [0.15, 0.2) is 5.13 Å². The molecule has 1 N–H and O–H groups in total. The Balaban J connectivity index is 1.56. The maximum atomic E-state index is 12.5. The van der Waals surface area contributed by atoms with Crippen LogP contribution in [0.25, 0.3) is 10.2 Å². The maximum Gasteiger partial charge on any atom is 0.256 e. The first-order chi connectivity index (χ1) is 12.2. The highest BCUT2D eigenvalue weighted by molar-refractivity contribution is 14.1. The van der Waals surface area contributed by atoms with Crippen LogP contribution >= 0.6 is 33.9 Å². The van der Waals surface area contributed by atoms with E-state index in [2.05, 4.69) is 32.8 Å². The number of nitrogens with zero attached hydrogens (tertiary/aromatic N) is 2. The molecule has 3 aromatic rings. The van der Waals surface area contributed by atoms with Crippen molar-refractivity contribution in [2.75, 3.05) is 36.5 Å². The topological polar surface area (TPSA) is 54.5 Å². The number of nitrogens with one attached hydrogen (secondary N) is 1. The Kier molecular flexibility index (Phi) is 4.87. The average molecular weight is 465 g/mol. The van der Waals surface area contributed by atoms with Gasteiger partial charge in [-0.05, 0) is 52.9 Å². The van der Waals surface area contributed by atoms with Gasteiger partial charge in [0, 0.05) is 22.3 Å². The Labute approximate surface area is 163 Å². The van der Waals surface area contributed by atoms with Crippen LogP contribution in [-0.4, -0.2) is 37.2 Å². The van der Waals surface area contributed by atoms with Crippen LogP contribution in [0.3, 0.4) is 0 Å². The lowest BCUT2D eigenvalue weighted by Gasteiger charge is -2.25. The number of ether oxygens (including phenoxy) is 1. The van der Waals surface area contributed by atoms with Gasteiger partial charge in [0.05, 0.1) is 29.0 Å². The normalized spacial score (nSPS) is 14.7. The zero-order valence-electron chi connectivity index (χ0n) is 13.4. The molecule has 0 aliphatic carbocycles. The van der Waals surface area contributed by atoms with Gasteiger partial charge in [-0.2, -0.15) is 0 Å². The minimum atomic E-state index is -0.0951. The molecule has 1 aliphatic heterocycles. The summed E-state index contributed by atoms with van der Waals surface area (Å²) in [5, 5.41) is 3.99. The molecule has 0 saturated carbocycles. The highest BCUT2D eigenvalue weighted by Gasteiger charge is 2.16. The number of carbonyl (C=O) groups is 1. The van der Waals surface area contributed by atoms with E-state index in [0.29, 0.717) is 5.56 Å². The van der Waals surface area contributed by atoms with E-state index < -0.39 is 0 Å². The molecule has 2 aromatic carbocycles. The summed E-state index contributed by atoms with van der Waals surface area (Å²) in [6.07, 6.45) is 0. The largest absolute Gasteiger partial charge is 0.378 e. The number of benzene rings is 2. The second-order valence-corrected chi connectivity index (χ2v) is 7.88. The molecular weight excluding hydrogens is 449 g/mol. The Hall–Kier alpha value is -1.71. The van der Waals surface area contributed by atoms with E-state index in [1.54, 1.807) is 11.3 Å². The van der Waals surface area contributed by atoms with Crippen LogP contribution in [0.2, 0.25) is 0 Å². The summed E-state index contributed by atoms with van der Waals surface area (Å²) in [5.41, 5.74) is 2.43. The smallest absolute Gasteiger partial charge is 0.256 e. The number of amides is 1. The minimum Gasteiger partial charge on any atom is -0.378 e. The molecule has 0 bridgehead atoms. The highest BCUT2D eigenvalue weighted by atomic mass is 127. The quantitative estimate of drug-likeness (QED) is 0.595. The van der Waals surface area contributed by atoms with Crippen molar-refractivity contribution in [1.82, 2.24) is 4.98 Å². The fourth-order valence-corrected chi connectivity index (χ4v) is 4.41. The van der Waals surface area contributed by atoms with E-state index in [9.17, 15) is 4.79 Å². The molecule has 2 heterocycles. The van der Waals surface area contributed by atoms with E-state index in [4.69, 9.17) is 9.72 Å². The molecular formula is C18H16IN3O2S. The highest BCUT2D eigenvalue weighted by Crippen LogP contribution is 2.31. The van der Waals surface area contributed by atoms with Crippen LogP contribution in [0, 0.1) is 3.57 Å². The SMILES string of the molecule is O=C(Nc1ccc2nc(N3CCOCC3)sc2c1)c1ccccc1I. The number of anilines is 2. The minimum absolute atomic E-state index is 0.0951. The van der Waals surface area contributed by atoms with Gasteiger partial charge in [-0.3, -0.25) is 4.79 Å².